The average molecular weight is 360 g/mol. The fourth-order valence-corrected chi connectivity index (χ4v) is 5.61. The molecule has 0 spiro atoms. The molecule has 1 aromatic rings. The molecule has 130 valence electrons. The molecular formula is C15H25N3O3S2. The summed E-state index contributed by atoms with van der Waals surface area (Å²) in [5.74, 6) is 0. The molecule has 2 N–H and O–H groups in total. The van der Waals surface area contributed by atoms with Crippen LogP contribution < -0.4 is 10.6 Å². The van der Waals surface area contributed by atoms with E-state index in [0.29, 0.717) is 23.7 Å². The average Bonchev–Trinajstić information content (AvgIpc) is 3.02. The van der Waals surface area contributed by atoms with Gasteiger partial charge in [0, 0.05) is 25.2 Å². The quantitative estimate of drug-likeness (QED) is 0.818. The number of rotatable bonds is 6. The number of sulfonamides is 1. The maximum atomic E-state index is 12.7. The summed E-state index contributed by atoms with van der Waals surface area (Å²) in [5, 5.41) is 7.34. The van der Waals surface area contributed by atoms with Crippen LogP contribution >= 0.6 is 11.3 Å². The van der Waals surface area contributed by atoms with E-state index in [4.69, 9.17) is 0 Å². The van der Waals surface area contributed by atoms with Crippen molar-refractivity contribution in [2.75, 3.05) is 13.1 Å². The number of amides is 2. The molecule has 0 radical (unpaired) electrons. The Morgan fingerprint density at radius 2 is 2.22 bits per heavy atom. The van der Waals surface area contributed by atoms with Crippen molar-refractivity contribution in [3.63, 3.8) is 0 Å². The lowest BCUT2D eigenvalue weighted by atomic mass is 10.0. The van der Waals surface area contributed by atoms with Gasteiger partial charge in [-0.3, -0.25) is 0 Å². The van der Waals surface area contributed by atoms with Crippen LogP contribution in [0, 0.1) is 0 Å². The van der Waals surface area contributed by atoms with Crippen LogP contribution in [0.5, 0.6) is 0 Å². The highest BCUT2D eigenvalue weighted by Crippen LogP contribution is 2.28. The minimum Gasteiger partial charge on any atom is -0.338 e. The molecule has 1 atom stereocenters. The standard InChI is InChI=1S/C15H25N3O3S2/c1-12(2)17-15(19)16-9-8-13-6-3-4-10-18(13)23(20,21)14-7-5-11-22-14/h5,7,11-13H,3-4,6,8-10H2,1-2H3,(H2,16,17,19). The molecule has 8 heteroatoms. The van der Waals surface area contributed by atoms with Crippen LogP contribution in [-0.2, 0) is 10.0 Å². The van der Waals surface area contributed by atoms with Gasteiger partial charge < -0.3 is 10.6 Å². The Labute approximate surface area is 142 Å². The normalized spacial score (nSPS) is 19.7. The Morgan fingerprint density at radius 1 is 1.43 bits per heavy atom. The van der Waals surface area contributed by atoms with Crippen LogP contribution in [0.1, 0.15) is 39.5 Å². The summed E-state index contributed by atoms with van der Waals surface area (Å²) in [7, 11) is -3.41. The number of carbonyl (C=O) groups is 1. The second kappa shape index (κ2) is 8.12. The lowest BCUT2D eigenvalue weighted by Gasteiger charge is -2.34. The topological polar surface area (TPSA) is 78.5 Å². The molecule has 1 unspecified atom stereocenters. The number of thiophene rings is 1. The summed E-state index contributed by atoms with van der Waals surface area (Å²) in [5.41, 5.74) is 0. The zero-order chi connectivity index (χ0) is 16.9. The summed E-state index contributed by atoms with van der Waals surface area (Å²) in [6, 6.07) is 3.24. The van der Waals surface area contributed by atoms with Gasteiger partial charge in [0.05, 0.1) is 0 Å². The summed E-state index contributed by atoms with van der Waals surface area (Å²) < 4.78 is 27.5. The Kier molecular flexibility index (Phi) is 6.43. The molecule has 1 aliphatic rings. The number of nitrogens with one attached hydrogen (secondary N) is 2. The third-order valence-electron chi connectivity index (χ3n) is 3.81. The van der Waals surface area contributed by atoms with Crippen LogP contribution in [0.25, 0.3) is 0 Å². The van der Waals surface area contributed by atoms with Crippen LogP contribution in [0.15, 0.2) is 21.7 Å². The molecule has 2 amide bonds. The molecule has 0 aromatic carbocycles. The fraction of sp³-hybridized carbons (Fsp3) is 0.667. The van der Waals surface area contributed by atoms with Crippen LogP contribution in [0.3, 0.4) is 0 Å². The van der Waals surface area contributed by atoms with Crippen LogP contribution in [-0.4, -0.2) is 43.9 Å². The van der Waals surface area contributed by atoms with Crippen molar-refractivity contribution < 1.29 is 13.2 Å². The number of nitrogens with zero attached hydrogens (tertiary/aromatic N) is 1. The molecule has 0 saturated carbocycles. The number of carbonyl (C=O) groups excluding carboxylic acids is 1. The summed E-state index contributed by atoms with van der Waals surface area (Å²) in [4.78, 5) is 11.6. The van der Waals surface area contributed by atoms with Crippen LogP contribution in [0.4, 0.5) is 4.79 Å². The monoisotopic (exact) mass is 359 g/mol. The second-order valence-electron chi connectivity index (χ2n) is 6.04. The zero-order valence-corrected chi connectivity index (χ0v) is 15.3. The van der Waals surface area contributed by atoms with E-state index < -0.39 is 10.0 Å². The molecule has 2 heterocycles. The number of hydrogen-bond acceptors (Lipinski definition) is 4. The highest BCUT2D eigenvalue weighted by molar-refractivity contribution is 7.91. The minimum absolute atomic E-state index is 0.0461. The van der Waals surface area contributed by atoms with E-state index in [-0.39, 0.29) is 18.1 Å². The first-order valence-electron chi connectivity index (χ1n) is 8.01. The minimum atomic E-state index is -3.41. The van der Waals surface area contributed by atoms with Gasteiger partial charge in [-0.1, -0.05) is 12.5 Å². The fourth-order valence-electron chi connectivity index (χ4n) is 2.77. The van der Waals surface area contributed by atoms with Gasteiger partial charge in [0.15, 0.2) is 0 Å². The summed E-state index contributed by atoms with van der Waals surface area (Å²) >= 11 is 1.25. The SMILES string of the molecule is CC(C)NC(=O)NCCC1CCCCN1S(=O)(=O)c1cccs1. The molecule has 0 aliphatic carbocycles. The predicted octanol–water partition coefficient (Wildman–Crippen LogP) is 2.39. The van der Waals surface area contributed by atoms with Gasteiger partial charge in [-0.25, -0.2) is 13.2 Å². The van der Waals surface area contributed by atoms with Crippen molar-refractivity contribution in [1.82, 2.24) is 14.9 Å². The van der Waals surface area contributed by atoms with E-state index in [2.05, 4.69) is 10.6 Å². The Hall–Kier alpha value is -1.12. The zero-order valence-electron chi connectivity index (χ0n) is 13.6. The summed E-state index contributed by atoms with van der Waals surface area (Å²) in [6.07, 6.45) is 3.40. The van der Waals surface area contributed by atoms with Gasteiger partial charge >= 0.3 is 6.03 Å². The molecule has 1 fully saturated rings. The van der Waals surface area contributed by atoms with Gasteiger partial charge in [-0.2, -0.15) is 4.31 Å². The summed E-state index contributed by atoms with van der Waals surface area (Å²) in [6.45, 7) is 4.83. The van der Waals surface area contributed by atoms with Crippen molar-refractivity contribution >= 4 is 27.4 Å². The Balaban J connectivity index is 1.95. The Morgan fingerprint density at radius 3 is 2.87 bits per heavy atom. The first kappa shape index (κ1) is 18.2. The highest BCUT2D eigenvalue weighted by Gasteiger charge is 2.33. The van der Waals surface area contributed by atoms with Crippen molar-refractivity contribution in [2.24, 2.45) is 0 Å². The first-order chi connectivity index (χ1) is 10.9. The molecule has 1 aromatic heterocycles. The third kappa shape index (κ3) is 4.92. The van der Waals surface area contributed by atoms with Crippen molar-refractivity contribution in [2.45, 2.75) is 55.8 Å². The Bertz CT molecular complexity index is 599. The maximum Gasteiger partial charge on any atom is 0.314 e. The number of piperidine rings is 1. The van der Waals surface area contributed by atoms with E-state index in [1.165, 1.54) is 11.3 Å². The predicted molar refractivity (Wildman–Crippen MR) is 92.1 cm³/mol. The first-order valence-corrected chi connectivity index (χ1v) is 10.3. The maximum absolute atomic E-state index is 12.7. The van der Waals surface area contributed by atoms with E-state index in [1.807, 2.05) is 13.8 Å². The van der Waals surface area contributed by atoms with Crippen molar-refractivity contribution in [3.8, 4) is 0 Å². The van der Waals surface area contributed by atoms with Gasteiger partial charge in [0.2, 0.25) is 0 Å². The number of urea groups is 1. The molecule has 1 aliphatic heterocycles. The highest BCUT2D eigenvalue weighted by atomic mass is 32.2. The van der Waals surface area contributed by atoms with Crippen molar-refractivity contribution in [3.05, 3.63) is 17.5 Å². The molecular weight excluding hydrogens is 334 g/mol. The lowest BCUT2D eigenvalue weighted by Crippen LogP contribution is -2.46. The molecule has 2 rings (SSSR count). The molecule has 1 saturated heterocycles. The van der Waals surface area contributed by atoms with Crippen LogP contribution in [0.2, 0.25) is 0 Å². The van der Waals surface area contributed by atoms with E-state index in [9.17, 15) is 13.2 Å². The molecule has 23 heavy (non-hydrogen) atoms. The number of hydrogen-bond donors (Lipinski definition) is 2. The van der Waals surface area contributed by atoms with E-state index in [1.54, 1.807) is 21.8 Å². The van der Waals surface area contributed by atoms with E-state index >= 15 is 0 Å². The largest absolute Gasteiger partial charge is 0.338 e. The van der Waals surface area contributed by atoms with Gasteiger partial charge in [-0.15, -0.1) is 11.3 Å². The molecule has 6 nitrogen and oxygen atoms in total. The smallest absolute Gasteiger partial charge is 0.314 e. The van der Waals surface area contributed by atoms with Gasteiger partial charge in [0.25, 0.3) is 10.0 Å². The van der Waals surface area contributed by atoms with Gasteiger partial charge in [-0.05, 0) is 44.6 Å². The van der Waals surface area contributed by atoms with Gasteiger partial charge in [0.1, 0.15) is 4.21 Å². The lowest BCUT2D eigenvalue weighted by molar-refractivity contribution is 0.228. The third-order valence-corrected chi connectivity index (χ3v) is 7.14. The van der Waals surface area contributed by atoms with E-state index in [0.717, 1.165) is 19.3 Å². The second-order valence-corrected chi connectivity index (χ2v) is 9.11. The molecule has 0 bridgehead atoms. The van der Waals surface area contributed by atoms with Crippen molar-refractivity contribution in [1.29, 1.82) is 0 Å².